The van der Waals surface area contributed by atoms with Crippen LogP contribution in [0.25, 0.3) is 0 Å². The molecule has 5 heteroatoms. The van der Waals surface area contributed by atoms with E-state index >= 15 is 0 Å². The Kier molecular flexibility index (Phi) is 3.68. The van der Waals surface area contributed by atoms with Gasteiger partial charge in [-0.15, -0.1) is 0 Å². The highest BCUT2D eigenvalue weighted by Crippen LogP contribution is 2.29. The number of aliphatic hydroxyl groups excluding tert-OH is 1. The molecule has 0 spiro atoms. The Morgan fingerprint density at radius 1 is 1.37 bits per heavy atom. The normalized spacial score (nSPS) is 27.1. The summed E-state index contributed by atoms with van der Waals surface area (Å²) in [7, 11) is 0. The van der Waals surface area contributed by atoms with Crippen molar-refractivity contribution in [3.63, 3.8) is 0 Å². The zero-order valence-electron chi connectivity index (χ0n) is 10.7. The van der Waals surface area contributed by atoms with Gasteiger partial charge in [-0.05, 0) is 18.2 Å². The average Bonchev–Trinajstić information content (AvgIpc) is 2.80. The number of nitrogens with zero attached hydrogens (tertiary/aromatic N) is 1. The summed E-state index contributed by atoms with van der Waals surface area (Å²) in [5.41, 5.74) is 0.942. The number of rotatable bonds is 3. The third-order valence-corrected chi connectivity index (χ3v) is 3.65. The Balaban J connectivity index is 1.58. The van der Waals surface area contributed by atoms with Crippen LogP contribution in [0.1, 0.15) is 5.56 Å². The van der Waals surface area contributed by atoms with Crippen LogP contribution < -0.4 is 4.74 Å². The zero-order chi connectivity index (χ0) is 13.2. The number of benzene rings is 1. The van der Waals surface area contributed by atoms with Gasteiger partial charge in [-0.2, -0.15) is 0 Å². The number of fused-ring (bicyclic) bond motifs is 1. The van der Waals surface area contributed by atoms with Gasteiger partial charge in [0.15, 0.2) is 0 Å². The second-order valence-electron chi connectivity index (χ2n) is 5.13. The monoisotopic (exact) mass is 267 g/mol. The van der Waals surface area contributed by atoms with Crippen LogP contribution in [0.5, 0.6) is 5.75 Å². The molecule has 0 saturated carbocycles. The smallest absolute Gasteiger partial charge is 0.123 e. The summed E-state index contributed by atoms with van der Waals surface area (Å²) in [6.45, 7) is 3.05. The van der Waals surface area contributed by atoms with E-state index in [1.165, 1.54) is 6.07 Å². The molecule has 19 heavy (non-hydrogen) atoms. The predicted octanol–water partition coefficient (Wildman–Crippen LogP) is 0.822. The third-order valence-electron chi connectivity index (χ3n) is 3.65. The van der Waals surface area contributed by atoms with Gasteiger partial charge >= 0.3 is 0 Å². The molecule has 2 aliphatic rings. The van der Waals surface area contributed by atoms with Gasteiger partial charge in [-0.25, -0.2) is 4.39 Å². The first-order valence-corrected chi connectivity index (χ1v) is 6.64. The minimum atomic E-state index is -0.213. The summed E-state index contributed by atoms with van der Waals surface area (Å²) in [6, 6.07) is 4.67. The number of aliphatic hydroxyl groups is 1. The summed E-state index contributed by atoms with van der Waals surface area (Å²) in [5, 5.41) is 9.12. The fourth-order valence-electron chi connectivity index (χ4n) is 2.74. The molecule has 2 atom stereocenters. The summed E-state index contributed by atoms with van der Waals surface area (Å²) >= 11 is 0. The van der Waals surface area contributed by atoms with E-state index in [0.717, 1.165) is 37.4 Å². The van der Waals surface area contributed by atoms with E-state index in [1.54, 1.807) is 12.1 Å². The summed E-state index contributed by atoms with van der Waals surface area (Å²) in [6.07, 6.45) is 0.707. The van der Waals surface area contributed by atoms with E-state index in [1.807, 2.05) is 0 Å². The summed E-state index contributed by atoms with van der Waals surface area (Å²) in [5.74, 6) is 0.577. The average molecular weight is 267 g/mol. The molecule has 0 bridgehead atoms. The first-order chi connectivity index (χ1) is 9.24. The molecule has 1 saturated heterocycles. The molecule has 104 valence electrons. The van der Waals surface area contributed by atoms with Gasteiger partial charge in [0.2, 0.25) is 0 Å². The van der Waals surface area contributed by atoms with Crippen molar-refractivity contribution in [2.75, 3.05) is 32.8 Å². The molecule has 3 rings (SSSR count). The van der Waals surface area contributed by atoms with Crippen LogP contribution in [0.2, 0.25) is 0 Å². The molecule has 0 aliphatic carbocycles. The van der Waals surface area contributed by atoms with Crippen molar-refractivity contribution in [1.29, 1.82) is 0 Å². The molecule has 1 N–H and O–H groups in total. The van der Waals surface area contributed by atoms with Crippen molar-refractivity contribution in [2.45, 2.75) is 18.6 Å². The highest BCUT2D eigenvalue weighted by atomic mass is 19.1. The molecular formula is C14H18FNO3. The molecule has 0 radical (unpaired) electrons. The van der Waals surface area contributed by atoms with Crippen LogP contribution in [0.15, 0.2) is 18.2 Å². The van der Waals surface area contributed by atoms with E-state index < -0.39 is 0 Å². The number of hydrogen-bond donors (Lipinski definition) is 1. The fourth-order valence-corrected chi connectivity index (χ4v) is 2.74. The molecule has 4 nitrogen and oxygen atoms in total. The van der Waals surface area contributed by atoms with Gasteiger partial charge < -0.3 is 14.6 Å². The Hall–Kier alpha value is -1.17. The van der Waals surface area contributed by atoms with E-state index in [0.29, 0.717) is 6.61 Å². The molecule has 2 aliphatic heterocycles. The molecular weight excluding hydrogens is 249 g/mol. The highest BCUT2D eigenvalue weighted by Gasteiger charge is 2.28. The van der Waals surface area contributed by atoms with E-state index in [2.05, 4.69) is 4.90 Å². The standard InChI is InChI=1S/C14H18FNO3/c15-11-1-2-14-10(5-11)6-12(19-14)7-16-3-4-18-13(8-16)9-17/h1-2,5,12-13,17H,3-4,6-9H2. The minimum absolute atomic E-state index is 0.0491. The van der Waals surface area contributed by atoms with Crippen molar-refractivity contribution >= 4 is 0 Å². The van der Waals surface area contributed by atoms with E-state index in [4.69, 9.17) is 14.6 Å². The van der Waals surface area contributed by atoms with Crippen LogP contribution in [-0.2, 0) is 11.2 Å². The second-order valence-corrected chi connectivity index (χ2v) is 5.13. The van der Waals surface area contributed by atoms with Crippen LogP contribution in [0, 0.1) is 5.82 Å². The van der Waals surface area contributed by atoms with Gasteiger partial charge in [0.25, 0.3) is 0 Å². The van der Waals surface area contributed by atoms with Crippen molar-refractivity contribution in [3.05, 3.63) is 29.6 Å². The SMILES string of the molecule is OCC1CN(CC2Cc3cc(F)ccc3O2)CCO1. The lowest BCUT2D eigenvalue weighted by molar-refractivity contribution is -0.0589. The van der Waals surface area contributed by atoms with E-state index in [-0.39, 0.29) is 24.6 Å². The number of ether oxygens (including phenoxy) is 2. The van der Waals surface area contributed by atoms with Gasteiger partial charge in [0.1, 0.15) is 17.7 Å². The molecule has 2 heterocycles. The Morgan fingerprint density at radius 3 is 3.11 bits per heavy atom. The maximum Gasteiger partial charge on any atom is 0.123 e. The van der Waals surface area contributed by atoms with Crippen molar-refractivity contribution < 1.29 is 19.0 Å². The summed E-state index contributed by atoms with van der Waals surface area (Å²) < 4.78 is 24.4. The van der Waals surface area contributed by atoms with Crippen molar-refractivity contribution in [2.24, 2.45) is 0 Å². The molecule has 1 aromatic carbocycles. The minimum Gasteiger partial charge on any atom is -0.488 e. The van der Waals surface area contributed by atoms with Gasteiger partial charge in [-0.3, -0.25) is 4.90 Å². The Labute approximate surface area is 111 Å². The molecule has 0 aromatic heterocycles. The van der Waals surface area contributed by atoms with Crippen molar-refractivity contribution in [3.8, 4) is 5.75 Å². The summed E-state index contributed by atoms with van der Waals surface area (Å²) in [4.78, 5) is 2.23. The quantitative estimate of drug-likeness (QED) is 0.880. The zero-order valence-corrected chi connectivity index (χ0v) is 10.7. The lowest BCUT2D eigenvalue weighted by Gasteiger charge is -2.33. The van der Waals surface area contributed by atoms with Gasteiger partial charge in [0, 0.05) is 31.6 Å². The maximum atomic E-state index is 13.1. The van der Waals surface area contributed by atoms with Crippen LogP contribution in [0.4, 0.5) is 4.39 Å². The molecule has 1 fully saturated rings. The molecule has 1 aromatic rings. The first-order valence-electron chi connectivity index (χ1n) is 6.64. The Bertz CT molecular complexity index is 454. The largest absolute Gasteiger partial charge is 0.488 e. The topological polar surface area (TPSA) is 41.9 Å². The number of morpholine rings is 1. The van der Waals surface area contributed by atoms with Crippen LogP contribution in [0.3, 0.4) is 0 Å². The number of hydrogen-bond acceptors (Lipinski definition) is 4. The van der Waals surface area contributed by atoms with Gasteiger partial charge in [-0.1, -0.05) is 0 Å². The second kappa shape index (κ2) is 5.45. The lowest BCUT2D eigenvalue weighted by atomic mass is 10.1. The lowest BCUT2D eigenvalue weighted by Crippen LogP contribution is -2.47. The van der Waals surface area contributed by atoms with E-state index in [9.17, 15) is 4.39 Å². The van der Waals surface area contributed by atoms with Crippen LogP contribution >= 0.6 is 0 Å². The van der Waals surface area contributed by atoms with Crippen LogP contribution in [-0.4, -0.2) is 55.1 Å². The van der Waals surface area contributed by atoms with Crippen molar-refractivity contribution in [1.82, 2.24) is 4.90 Å². The maximum absolute atomic E-state index is 13.1. The van der Waals surface area contributed by atoms with Gasteiger partial charge in [0.05, 0.1) is 19.3 Å². The Morgan fingerprint density at radius 2 is 2.26 bits per heavy atom. The number of halogens is 1. The first kappa shape index (κ1) is 12.8. The highest BCUT2D eigenvalue weighted by molar-refractivity contribution is 5.37. The molecule has 0 amide bonds. The predicted molar refractivity (Wildman–Crippen MR) is 67.8 cm³/mol. The fraction of sp³-hybridized carbons (Fsp3) is 0.571. The molecule has 2 unspecified atom stereocenters. The third kappa shape index (κ3) is 2.88.